The predicted molar refractivity (Wildman–Crippen MR) is 90.7 cm³/mol. The zero-order chi connectivity index (χ0) is 18.0. The Balaban J connectivity index is 2.24. The fourth-order valence-electron chi connectivity index (χ4n) is 2.97. The van der Waals surface area contributed by atoms with Gasteiger partial charge in [0.1, 0.15) is 23.9 Å². The number of esters is 1. The second kappa shape index (κ2) is 6.84. The Hall–Kier alpha value is -3.03. The number of hydrogen-bond donors (Lipinski definition) is 1. The average molecular weight is 344 g/mol. The summed E-state index contributed by atoms with van der Waals surface area (Å²) in [5, 5.41) is 7.44. The summed E-state index contributed by atoms with van der Waals surface area (Å²) in [4.78, 5) is 16.8. The van der Waals surface area contributed by atoms with Crippen LogP contribution in [0.4, 0.5) is 5.95 Å². The Morgan fingerprint density at radius 2 is 2.08 bits per heavy atom. The molecule has 2 aromatic rings. The number of carbonyl (C=O) groups excluding carboxylic acids is 1. The first-order chi connectivity index (χ1) is 12.1. The lowest BCUT2D eigenvalue weighted by molar-refractivity contribution is -0.136. The summed E-state index contributed by atoms with van der Waals surface area (Å²) in [5.74, 6) is 1.39. The van der Waals surface area contributed by atoms with Gasteiger partial charge in [0, 0.05) is 17.3 Å². The van der Waals surface area contributed by atoms with Gasteiger partial charge >= 0.3 is 5.97 Å². The molecule has 0 spiro atoms. The first-order valence-electron chi connectivity index (χ1n) is 7.84. The predicted octanol–water partition coefficient (Wildman–Crippen LogP) is 2.15. The van der Waals surface area contributed by atoms with Crippen molar-refractivity contribution < 1.29 is 19.0 Å². The standard InChI is InChI=1S/C17H20N4O4/c1-5-12-14(16(22)25-4)15(21-17(20-12)18-9-19-21)11-7-6-10(23-2)8-13(11)24-3/h6-9,15H,5H2,1-4H3,(H,18,19,20)/t15-/m1/s1. The molecule has 0 fully saturated rings. The van der Waals surface area contributed by atoms with E-state index in [1.807, 2.05) is 19.1 Å². The zero-order valence-corrected chi connectivity index (χ0v) is 14.6. The van der Waals surface area contributed by atoms with Crippen LogP contribution in [0.3, 0.4) is 0 Å². The van der Waals surface area contributed by atoms with E-state index in [1.165, 1.54) is 13.4 Å². The smallest absolute Gasteiger partial charge is 0.338 e. The topological polar surface area (TPSA) is 87.5 Å². The second-order valence-electron chi connectivity index (χ2n) is 5.40. The van der Waals surface area contributed by atoms with Gasteiger partial charge in [-0.1, -0.05) is 6.92 Å². The minimum absolute atomic E-state index is 0.423. The van der Waals surface area contributed by atoms with Gasteiger partial charge in [0.15, 0.2) is 0 Å². The van der Waals surface area contributed by atoms with Gasteiger partial charge in [-0.05, 0) is 18.6 Å². The number of aromatic nitrogens is 3. The molecule has 3 rings (SSSR count). The molecular weight excluding hydrogens is 324 g/mol. The molecule has 0 amide bonds. The molecule has 1 aliphatic rings. The molecule has 132 valence electrons. The van der Waals surface area contributed by atoms with Crippen LogP contribution in [-0.4, -0.2) is 42.1 Å². The minimum Gasteiger partial charge on any atom is -0.497 e. The summed E-state index contributed by atoms with van der Waals surface area (Å²) in [7, 11) is 4.52. The Morgan fingerprint density at radius 3 is 2.72 bits per heavy atom. The molecule has 0 saturated heterocycles. The van der Waals surface area contributed by atoms with Crippen molar-refractivity contribution >= 4 is 11.9 Å². The van der Waals surface area contributed by atoms with Gasteiger partial charge in [-0.15, -0.1) is 0 Å². The number of benzene rings is 1. The SMILES string of the molecule is CCC1=C(C(=O)OC)[C@@H](c2ccc(OC)cc2OC)n2ncnc2N1. The molecule has 8 nitrogen and oxygen atoms in total. The Labute approximate surface area is 145 Å². The van der Waals surface area contributed by atoms with E-state index in [0.29, 0.717) is 29.4 Å². The third-order valence-electron chi connectivity index (χ3n) is 4.17. The van der Waals surface area contributed by atoms with E-state index < -0.39 is 12.0 Å². The summed E-state index contributed by atoms with van der Waals surface area (Å²) in [5.41, 5.74) is 1.99. The van der Waals surface area contributed by atoms with Gasteiger partial charge in [-0.2, -0.15) is 10.1 Å². The van der Waals surface area contributed by atoms with Crippen LogP contribution in [-0.2, 0) is 9.53 Å². The molecule has 0 bridgehead atoms. The van der Waals surface area contributed by atoms with Crippen LogP contribution in [0.2, 0.25) is 0 Å². The van der Waals surface area contributed by atoms with Gasteiger partial charge in [0.25, 0.3) is 0 Å². The lowest BCUT2D eigenvalue weighted by atomic mass is 9.93. The maximum atomic E-state index is 12.5. The van der Waals surface area contributed by atoms with Gasteiger partial charge in [-0.25, -0.2) is 9.48 Å². The third-order valence-corrected chi connectivity index (χ3v) is 4.17. The lowest BCUT2D eigenvalue weighted by Gasteiger charge is -2.29. The van der Waals surface area contributed by atoms with Crippen molar-refractivity contribution in [2.24, 2.45) is 0 Å². The molecule has 0 radical (unpaired) electrons. The Bertz CT molecular complexity index is 828. The normalized spacial score (nSPS) is 16.1. The molecule has 1 aliphatic heterocycles. The van der Waals surface area contributed by atoms with E-state index in [9.17, 15) is 4.79 Å². The molecule has 8 heteroatoms. The van der Waals surface area contributed by atoms with Crippen LogP contribution in [0.15, 0.2) is 35.8 Å². The quantitative estimate of drug-likeness (QED) is 0.832. The first-order valence-corrected chi connectivity index (χ1v) is 7.84. The zero-order valence-electron chi connectivity index (χ0n) is 14.6. The summed E-state index contributed by atoms with van der Waals surface area (Å²) >= 11 is 0. The third kappa shape index (κ3) is 2.79. The number of fused-ring (bicyclic) bond motifs is 1. The highest BCUT2D eigenvalue weighted by Crippen LogP contribution is 2.40. The highest BCUT2D eigenvalue weighted by atomic mass is 16.5. The van der Waals surface area contributed by atoms with Crippen LogP contribution < -0.4 is 14.8 Å². The van der Waals surface area contributed by atoms with E-state index in [-0.39, 0.29) is 0 Å². The molecular formula is C17H20N4O4. The number of nitrogens with zero attached hydrogens (tertiary/aromatic N) is 3. The van der Waals surface area contributed by atoms with Crippen LogP contribution in [0.25, 0.3) is 0 Å². The Kier molecular flexibility index (Phi) is 4.60. The number of carbonyl (C=O) groups is 1. The Morgan fingerprint density at radius 1 is 1.28 bits per heavy atom. The van der Waals surface area contributed by atoms with Gasteiger partial charge in [-0.3, -0.25) is 0 Å². The molecule has 1 atom stereocenters. The number of allylic oxidation sites excluding steroid dienone is 1. The van der Waals surface area contributed by atoms with Crippen LogP contribution in [0, 0.1) is 0 Å². The van der Waals surface area contributed by atoms with Gasteiger partial charge in [0.05, 0.1) is 26.9 Å². The highest BCUT2D eigenvalue weighted by molar-refractivity contribution is 5.92. The largest absolute Gasteiger partial charge is 0.497 e. The van der Waals surface area contributed by atoms with Gasteiger partial charge in [0.2, 0.25) is 5.95 Å². The number of hydrogen-bond acceptors (Lipinski definition) is 7. The number of rotatable bonds is 5. The summed E-state index contributed by atoms with van der Waals surface area (Å²) in [6, 6.07) is 4.93. The molecule has 1 N–H and O–H groups in total. The average Bonchev–Trinajstić information content (AvgIpc) is 3.13. The van der Waals surface area contributed by atoms with E-state index in [0.717, 1.165) is 11.3 Å². The summed E-state index contributed by atoms with van der Waals surface area (Å²) < 4.78 is 17.5. The van der Waals surface area contributed by atoms with Crippen molar-refractivity contribution in [2.45, 2.75) is 19.4 Å². The van der Waals surface area contributed by atoms with Gasteiger partial charge < -0.3 is 19.5 Å². The van der Waals surface area contributed by atoms with Crippen LogP contribution >= 0.6 is 0 Å². The molecule has 25 heavy (non-hydrogen) atoms. The molecule has 0 saturated carbocycles. The molecule has 0 unspecified atom stereocenters. The fraction of sp³-hybridized carbons (Fsp3) is 0.353. The van der Waals surface area contributed by atoms with E-state index in [4.69, 9.17) is 14.2 Å². The molecule has 2 heterocycles. The van der Waals surface area contributed by atoms with Crippen molar-refractivity contribution in [3.05, 3.63) is 41.4 Å². The second-order valence-corrected chi connectivity index (χ2v) is 5.40. The maximum absolute atomic E-state index is 12.5. The van der Waals surface area contributed by atoms with Crippen molar-refractivity contribution in [2.75, 3.05) is 26.6 Å². The number of methoxy groups -OCH3 is 3. The van der Waals surface area contributed by atoms with E-state index >= 15 is 0 Å². The fourth-order valence-corrected chi connectivity index (χ4v) is 2.97. The lowest BCUT2D eigenvalue weighted by Crippen LogP contribution is -2.30. The molecule has 0 aliphatic carbocycles. The number of nitrogens with one attached hydrogen (secondary N) is 1. The van der Waals surface area contributed by atoms with E-state index in [2.05, 4.69) is 15.4 Å². The maximum Gasteiger partial charge on any atom is 0.338 e. The number of anilines is 1. The number of ether oxygens (including phenoxy) is 3. The van der Waals surface area contributed by atoms with Crippen LogP contribution in [0.1, 0.15) is 24.9 Å². The first kappa shape index (κ1) is 16.8. The monoisotopic (exact) mass is 344 g/mol. The highest BCUT2D eigenvalue weighted by Gasteiger charge is 2.36. The minimum atomic E-state index is -0.512. The van der Waals surface area contributed by atoms with Crippen molar-refractivity contribution in [3.8, 4) is 11.5 Å². The summed E-state index contributed by atoms with van der Waals surface area (Å²) in [6.07, 6.45) is 2.06. The summed E-state index contributed by atoms with van der Waals surface area (Å²) in [6.45, 7) is 1.96. The van der Waals surface area contributed by atoms with E-state index in [1.54, 1.807) is 25.0 Å². The van der Waals surface area contributed by atoms with Crippen molar-refractivity contribution in [1.82, 2.24) is 14.8 Å². The van der Waals surface area contributed by atoms with Crippen molar-refractivity contribution in [1.29, 1.82) is 0 Å². The van der Waals surface area contributed by atoms with Crippen LogP contribution in [0.5, 0.6) is 11.5 Å². The molecule has 1 aromatic heterocycles. The molecule has 1 aromatic carbocycles. The van der Waals surface area contributed by atoms with Crippen molar-refractivity contribution in [3.63, 3.8) is 0 Å².